The van der Waals surface area contributed by atoms with Crippen LogP contribution in [0.25, 0.3) is 0 Å². The Balaban J connectivity index is 1.61. The molecular weight excluding hydrogens is 214 g/mol. The molecule has 2 aromatic rings. The van der Waals surface area contributed by atoms with Crippen molar-refractivity contribution in [2.45, 2.75) is 19.0 Å². The first-order chi connectivity index (χ1) is 8.42. The Bertz CT molecular complexity index is 453. The average molecular weight is 229 g/mol. The van der Waals surface area contributed by atoms with Gasteiger partial charge in [-0.05, 0) is 22.4 Å². The van der Waals surface area contributed by atoms with E-state index in [0.717, 1.165) is 26.1 Å². The Morgan fingerprint density at radius 2 is 2.12 bits per heavy atom. The van der Waals surface area contributed by atoms with Gasteiger partial charge in [-0.1, -0.05) is 30.3 Å². The van der Waals surface area contributed by atoms with Crippen LogP contribution in [-0.2, 0) is 6.54 Å². The van der Waals surface area contributed by atoms with Gasteiger partial charge >= 0.3 is 0 Å². The molecule has 5 nitrogen and oxygen atoms in total. The molecule has 1 aliphatic rings. The minimum Gasteiger partial charge on any atom is -0.297 e. The molecule has 0 aliphatic carbocycles. The third kappa shape index (κ3) is 2.34. The van der Waals surface area contributed by atoms with Crippen molar-refractivity contribution in [1.29, 1.82) is 0 Å². The van der Waals surface area contributed by atoms with Crippen molar-refractivity contribution < 1.29 is 0 Å². The summed E-state index contributed by atoms with van der Waals surface area (Å²) in [5.74, 6) is 0. The first-order valence-corrected chi connectivity index (χ1v) is 5.90. The third-order valence-corrected chi connectivity index (χ3v) is 3.24. The van der Waals surface area contributed by atoms with Crippen molar-refractivity contribution in [3.05, 3.63) is 42.2 Å². The summed E-state index contributed by atoms with van der Waals surface area (Å²) in [6.07, 6.45) is 2.83. The molecule has 3 rings (SSSR count). The molecule has 1 fully saturated rings. The minimum atomic E-state index is 0.425. The Morgan fingerprint density at radius 1 is 1.24 bits per heavy atom. The number of benzene rings is 1. The maximum absolute atomic E-state index is 3.97. The molecule has 88 valence electrons. The molecule has 0 saturated carbocycles. The summed E-state index contributed by atoms with van der Waals surface area (Å²) in [5, 5.41) is 11.3. The van der Waals surface area contributed by atoms with Crippen molar-refractivity contribution in [3.8, 4) is 0 Å². The summed E-state index contributed by atoms with van der Waals surface area (Å²) in [4.78, 5) is 2.45. The molecule has 1 aromatic carbocycles. The monoisotopic (exact) mass is 229 g/mol. The van der Waals surface area contributed by atoms with E-state index in [4.69, 9.17) is 0 Å². The van der Waals surface area contributed by atoms with Crippen molar-refractivity contribution in [1.82, 2.24) is 25.1 Å². The van der Waals surface area contributed by atoms with Gasteiger partial charge in [-0.25, -0.2) is 4.68 Å². The van der Waals surface area contributed by atoms with Gasteiger partial charge in [0.2, 0.25) is 0 Å². The van der Waals surface area contributed by atoms with Gasteiger partial charge < -0.3 is 0 Å². The van der Waals surface area contributed by atoms with Crippen LogP contribution in [0.2, 0.25) is 0 Å². The molecule has 0 radical (unpaired) electrons. The zero-order valence-electron chi connectivity index (χ0n) is 9.61. The van der Waals surface area contributed by atoms with Crippen LogP contribution < -0.4 is 0 Å². The Kier molecular flexibility index (Phi) is 2.83. The Hall–Kier alpha value is -1.75. The second kappa shape index (κ2) is 4.63. The van der Waals surface area contributed by atoms with Crippen molar-refractivity contribution in [2.75, 3.05) is 13.1 Å². The molecule has 5 heteroatoms. The van der Waals surface area contributed by atoms with Crippen molar-refractivity contribution in [3.63, 3.8) is 0 Å². The second-order valence-electron chi connectivity index (χ2n) is 4.45. The molecule has 1 aromatic heterocycles. The van der Waals surface area contributed by atoms with Crippen LogP contribution in [0.4, 0.5) is 0 Å². The van der Waals surface area contributed by atoms with E-state index in [2.05, 4.69) is 50.8 Å². The molecule has 1 aliphatic heterocycles. The number of hydrogen-bond acceptors (Lipinski definition) is 4. The molecule has 1 saturated heterocycles. The highest BCUT2D eigenvalue weighted by Crippen LogP contribution is 2.21. The van der Waals surface area contributed by atoms with Crippen LogP contribution >= 0.6 is 0 Å². The molecule has 17 heavy (non-hydrogen) atoms. The topological polar surface area (TPSA) is 46.8 Å². The zero-order chi connectivity index (χ0) is 11.5. The number of likely N-dealkylation sites (tertiary alicyclic amines) is 1. The lowest BCUT2D eigenvalue weighted by molar-refractivity contribution is 0.310. The van der Waals surface area contributed by atoms with Gasteiger partial charge in [0.25, 0.3) is 0 Å². The summed E-state index contributed by atoms with van der Waals surface area (Å²) in [5.41, 5.74) is 1.37. The van der Waals surface area contributed by atoms with Gasteiger partial charge in [-0.2, -0.15) is 0 Å². The van der Waals surface area contributed by atoms with Crippen LogP contribution in [0.3, 0.4) is 0 Å². The van der Waals surface area contributed by atoms with E-state index in [0.29, 0.717) is 6.04 Å². The standard InChI is InChI=1S/C12H15N5/c1-2-4-11(5-3-1)8-16-7-6-12(9-16)17-10-13-14-15-17/h1-5,10,12H,6-9H2. The van der Waals surface area contributed by atoms with Crippen LogP contribution in [0.1, 0.15) is 18.0 Å². The zero-order valence-corrected chi connectivity index (χ0v) is 9.61. The number of aromatic nitrogens is 4. The van der Waals surface area contributed by atoms with E-state index in [9.17, 15) is 0 Å². The summed E-state index contributed by atoms with van der Waals surface area (Å²) in [6, 6.07) is 11.0. The van der Waals surface area contributed by atoms with E-state index in [-0.39, 0.29) is 0 Å². The molecule has 0 N–H and O–H groups in total. The Labute approximate surface area is 100 Å². The molecule has 1 atom stereocenters. The van der Waals surface area contributed by atoms with Crippen LogP contribution in [-0.4, -0.2) is 38.2 Å². The first kappa shape index (κ1) is 10.4. The lowest BCUT2D eigenvalue weighted by Gasteiger charge is -2.15. The van der Waals surface area contributed by atoms with E-state index in [1.54, 1.807) is 6.33 Å². The van der Waals surface area contributed by atoms with Crippen LogP contribution in [0.5, 0.6) is 0 Å². The fourth-order valence-electron chi connectivity index (χ4n) is 2.35. The fourth-order valence-corrected chi connectivity index (χ4v) is 2.35. The van der Waals surface area contributed by atoms with Gasteiger partial charge in [0.1, 0.15) is 6.33 Å². The summed E-state index contributed by atoms with van der Waals surface area (Å²) >= 11 is 0. The molecule has 2 heterocycles. The van der Waals surface area contributed by atoms with E-state index in [1.807, 2.05) is 4.68 Å². The lowest BCUT2D eigenvalue weighted by atomic mass is 10.2. The SMILES string of the molecule is c1ccc(CN2CCC(n3cnnn3)C2)cc1. The second-order valence-corrected chi connectivity index (χ2v) is 4.45. The summed E-state index contributed by atoms with van der Waals surface area (Å²) in [6.45, 7) is 3.15. The molecular formula is C12H15N5. The van der Waals surface area contributed by atoms with Gasteiger partial charge in [-0.3, -0.25) is 4.90 Å². The first-order valence-electron chi connectivity index (χ1n) is 5.90. The van der Waals surface area contributed by atoms with Crippen LogP contribution in [0, 0.1) is 0 Å². The number of rotatable bonds is 3. The fraction of sp³-hybridized carbons (Fsp3) is 0.417. The smallest absolute Gasteiger partial charge is 0.138 e. The van der Waals surface area contributed by atoms with Gasteiger partial charge in [-0.15, -0.1) is 5.10 Å². The van der Waals surface area contributed by atoms with E-state index >= 15 is 0 Å². The van der Waals surface area contributed by atoms with E-state index < -0.39 is 0 Å². The largest absolute Gasteiger partial charge is 0.297 e. The van der Waals surface area contributed by atoms with Crippen LogP contribution in [0.15, 0.2) is 36.7 Å². The lowest BCUT2D eigenvalue weighted by Crippen LogP contribution is -2.21. The van der Waals surface area contributed by atoms with Gasteiger partial charge in [0, 0.05) is 19.6 Å². The minimum absolute atomic E-state index is 0.425. The van der Waals surface area contributed by atoms with Crippen molar-refractivity contribution >= 4 is 0 Å². The normalized spacial score (nSPS) is 20.8. The highest BCUT2D eigenvalue weighted by molar-refractivity contribution is 5.14. The summed E-state index contributed by atoms with van der Waals surface area (Å²) in [7, 11) is 0. The maximum atomic E-state index is 3.97. The molecule has 0 amide bonds. The number of tetrazole rings is 1. The van der Waals surface area contributed by atoms with Crippen molar-refractivity contribution in [2.24, 2.45) is 0 Å². The molecule has 0 bridgehead atoms. The Morgan fingerprint density at radius 3 is 2.88 bits per heavy atom. The predicted molar refractivity (Wildman–Crippen MR) is 63.2 cm³/mol. The number of hydrogen-bond donors (Lipinski definition) is 0. The quantitative estimate of drug-likeness (QED) is 0.791. The molecule has 0 spiro atoms. The van der Waals surface area contributed by atoms with Gasteiger partial charge in [0.15, 0.2) is 0 Å². The number of nitrogens with zero attached hydrogens (tertiary/aromatic N) is 5. The predicted octanol–water partition coefficient (Wildman–Crippen LogP) is 1.12. The third-order valence-electron chi connectivity index (χ3n) is 3.24. The van der Waals surface area contributed by atoms with E-state index in [1.165, 1.54) is 5.56 Å². The maximum Gasteiger partial charge on any atom is 0.138 e. The highest BCUT2D eigenvalue weighted by atomic mass is 15.5. The average Bonchev–Trinajstić information content (AvgIpc) is 3.00. The molecule has 1 unspecified atom stereocenters. The van der Waals surface area contributed by atoms with Gasteiger partial charge in [0.05, 0.1) is 6.04 Å². The highest BCUT2D eigenvalue weighted by Gasteiger charge is 2.24. The summed E-state index contributed by atoms with van der Waals surface area (Å²) < 4.78 is 1.87.